The van der Waals surface area contributed by atoms with Crippen LogP contribution < -0.4 is 15.4 Å². The first-order valence-electron chi connectivity index (χ1n) is 6.61. The molecule has 0 amide bonds. The third kappa shape index (κ3) is 2.29. The van der Waals surface area contributed by atoms with Gasteiger partial charge in [-0.05, 0) is 37.8 Å². The summed E-state index contributed by atoms with van der Waals surface area (Å²) in [5, 5.41) is 7.91. The van der Waals surface area contributed by atoms with Crippen LogP contribution >= 0.6 is 11.6 Å². The van der Waals surface area contributed by atoms with Gasteiger partial charge in [0.2, 0.25) is 0 Å². The molecule has 2 heterocycles. The maximum atomic E-state index is 6.14. The fourth-order valence-corrected chi connectivity index (χ4v) is 3.48. The molecule has 2 fully saturated rings. The highest BCUT2D eigenvalue weighted by Gasteiger charge is 2.33. The van der Waals surface area contributed by atoms with E-state index in [9.17, 15) is 0 Å². The van der Waals surface area contributed by atoms with Crippen LogP contribution in [0, 0.1) is 0 Å². The van der Waals surface area contributed by atoms with Gasteiger partial charge in [-0.2, -0.15) is 0 Å². The predicted octanol–water partition coefficient (Wildman–Crippen LogP) is 3.04. The average Bonchev–Trinajstić information content (AvgIpc) is 2.69. The molecule has 98 valence electrons. The lowest BCUT2D eigenvalue weighted by Crippen LogP contribution is -2.43. The van der Waals surface area contributed by atoms with Crippen molar-refractivity contribution in [2.45, 2.75) is 43.8 Å². The molecule has 2 aliphatic heterocycles. The van der Waals surface area contributed by atoms with Crippen molar-refractivity contribution >= 4 is 17.3 Å². The van der Waals surface area contributed by atoms with E-state index in [1.807, 2.05) is 18.2 Å². The summed E-state index contributed by atoms with van der Waals surface area (Å²) in [7, 11) is 1.67. The van der Waals surface area contributed by atoms with Gasteiger partial charge in [0.15, 0.2) is 5.75 Å². The minimum Gasteiger partial charge on any atom is -0.493 e. The zero-order valence-electron chi connectivity index (χ0n) is 10.6. The Kier molecular flexibility index (Phi) is 3.35. The van der Waals surface area contributed by atoms with Gasteiger partial charge in [0, 0.05) is 18.1 Å². The van der Waals surface area contributed by atoms with Crippen LogP contribution in [0.25, 0.3) is 0 Å². The van der Waals surface area contributed by atoms with Crippen LogP contribution in [0.1, 0.15) is 25.7 Å². The van der Waals surface area contributed by atoms with Crippen molar-refractivity contribution in [1.82, 2.24) is 5.32 Å². The minimum absolute atomic E-state index is 0.524. The van der Waals surface area contributed by atoms with E-state index in [4.69, 9.17) is 16.3 Å². The van der Waals surface area contributed by atoms with E-state index < -0.39 is 0 Å². The quantitative estimate of drug-likeness (QED) is 0.882. The highest BCUT2D eigenvalue weighted by molar-refractivity contribution is 6.32. The van der Waals surface area contributed by atoms with Gasteiger partial charge in [-0.3, -0.25) is 0 Å². The molecule has 2 unspecified atom stereocenters. The smallest absolute Gasteiger partial charge is 0.160 e. The lowest BCUT2D eigenvalue weighted by Gasteiger charge is -2.30. The fraction of sp³-hybridized carbons (Fsp3) is 0.571. The predicted molar refractivity (Wildman–Crippen MR) is 74.6 cm³/mol. The number of halogens is 1. The molecule has 0 radical (unpaired) electrons. The first-order valence-corrected chi connectivity index (χ1v) is 6.99. The number of para-hydroxylation sites is 1. The van der Waals surface area contributed by atoms with Gasteiger partial charge in [-0.1, -0.05) is 17.7 Å². The number of fused-ring (bicyclic) bond motifs is 2. The monoisotopic (exact) mass is 266 g/mol. The third-order valence-electron chi connectivity index (χ3n) is 4.00. The van der Waals surface area contributed by atoms with Crippen molar-refractivity contribution in [3.05, 3.63) is 23.2 Å². The van der Waals surface area contributed by atoms with Gasteiger partial charge in [-0.15, -0.1) is 0 Å². The Labute approximate surface area is 113 Å². The fourth-order valence-electron chi connectivity index (χ4n) is 3.22. The summed E-state index contributed by atoms with van der Waals surface area (Å²) in [6, 6.07) is 7.75. The van der Waals surface area contributed by atoms with E-state index in [-0.39, 0.29) is 0 Å². The van der Waals surface area contributed by atoms with Gasteiger partial charge in [0.25, 0.3) is 0 Å². The molecular weight excluding hydrogens is 248 g/mol. The van der Waals surface area contributed by atoms with Crippen LogP contribution in [0.3, 0.4) is 0 Å². The zero-order chi connectivity index (χ0) is 12.5. The lowest BCUT2D eigenvalue weighted by molar-refractivity contribution is 0.375. The Bertz CT molecular complexity index is 426. The van der Waals surface area contributed by atoms with Crippen LogP contribution in [-0.2, 0) is 0 Å². The van der Waals surface area contributed by atoms with Crippen LogP contribution in [0.2, 0.25) is 5.02 Å². The second-order valence-corrected chi connectivity index (χ2v) is 5.68. The van der Waals surface area contributed by atoms with Crippen LogP contribution in [0.15, 0.2) is 18.2 Å². The zero-order valence-corrected chi connectivity index (χ0v) is 11.3. The Hall–Kier alpha value is -0.930. The Morgan fingerprint density at radius 3 is 2.67 bits per heavy atom. The SMILES string of the molecule is COc1c(Cl)cccc1NC1CC2CCC(C1)N2. The van der Waals surface area contributed by atoms with Crippen molar-refractivity contribution in [2.75, 3.05) is 12.4 Å². The van der Waals surface area contributed by atoms with E-state index in [0.717, 1.165) is 11.4 Å². The molecule has 3 rings (SSSR count). The normalized spacial score (nSPS) is 30.2. The van der Waals surface area contributed by atoms with Crippen molar-refractivity contribution in [3.63, 3.8) is 0 Å². The summed E-state index contributed by atoms with van der Waals surface area (Å²) >= 11 is 6.14. The molecule has 0 aromatic heterocycles. The molecule has 2 saturated heterocycles. The Morgan fingerprint density at radius 2 is 2.00 bits per heavy atom. The van der Waals surface area contributed by atoms with Gasteiger partial charge in [0.05, 0.1) is 17.8 Å². The van der Waals surface area contributed by atoms with E-state index in [0.29, 0.717) is 23.1 Å². The molecule has 0 saturated carbocycles. The summed E-state index contributed by atoms with van der Waals surface area (Å²) in [6.45, 7) is 0. The molecule has 1 aromatic carbocycles. The maximum Gasteiger partial charge on any atom is 0.160 e. The standard InChI is InChI=1S/C14H19ClN2O/c1-18-14-12(15)3-2-4-13(14)17-11-7-9-5-6-10(8-11)16-9/h2-4,9-11,16-17H,5-8H2,1H3. The highest BCUT2D eigenvalue weighted by atomic mass is 35.5. The van der Waals surface area contributed by atoms with Crippen molar-refractivity contribution in [1.29, 1.82) is 0 Å². The number of rotatable bonds is 3. The van der Waals surface area contributed by atoms with Gasteiger partial charge >= 0.3 is 0 Å². The van der Waals surface area contributed by atoms with E-state index >= 15 is 0 Å². The van der Waals surface area contributed by atoms with Crippen LogP contribution in [-0.4, -0.2) is 25.2 Å². The lowest BCUT2D eigenvalue weighted by atomic mass is 9.99. The van der Waals surface area contributed by atoms with E-state index in [1.165, 1.54) is 25.7 Å². The second-order valence-electron chi connectivity index (χ2n) is 5.27. The molecule has 2 aliphatic rings. The number of methoxy groups -OCH3 is 1. The number of benzene rings is 1. The summed E-state index contributed by atoms with van der Waals surface area (Å²) in [4.78, 5) is 0. The van der Waals surface area contributed by atoms with Crippen molar-refractivity contribution in [3.8, 4) is 5.75 Å². The molecular formula is C14H19ClN2O. The molecule has 1 aromatic rings. The third-order valence-corrected chi connectivity index (χ3v) is 4.30. The number of piperidine rings is 1. The molecule has 18 heavy (non-hydrogen) atoms. The van der Waals surface area contributed by atoms with Crippen molar-refractivity contribution in [2.24, 2.45) is 0 Å². The highest BCUT2D eigenvalue weighted by Crippen LogP contribution is 2.35. The first-order chi connectivity index (χ1) is 8.76. The molecule has 4 heteroatoms. The molecule has 0 spiro atoms. The number of hydrogen-bond acceptors (Lipinski definition) is 3. The number of anilines is 1. The number of hydrogen-bond donors (Lipinski definition) is 2. The van der Waals surface area contributed by atoms with E-state index in [1.54, 1.807) is 7.11 Å². The van der Waals surface area contributed by atoms with Gasteiger partial charge in [0.1, 0.15) is 0 Å². The molecule has 2 N–H and O–H groups in total. The summed E-state index contributed by atoms with van der Waals surface area (Å²) in [5.41, 5.74) is 1.01. The topological polar surface area (TPSA) is 33.3 Å². The number of nitrogens with one attached hydrogen (secondary N) is 2. The molecule has 3 nitrogen and oxygen atoms in total. The molecule has 0 aliphatic carbocycles. The van der Waals surface area contributed by atoms with Gasteiger partial charge < -0.3 is 15.4 Å². The second kappa shape index (κ2) is 4.98. The van der Waals surface area contributed by atoms with Crippen molar-refractivity contribution < 1.29 is 4.74 Å². The van der Waals surface area contributed by atoms with Crippen LogP contribution in [0.5, 0.6) is 5.75 Å². The summed E-state index contributed by atoms with van der Waals surface area (Å²) in [5.74, 6) is 0.755. The molecule has 2 atom stereocenters. The Balaban J connectivity index is 1.74. The first kappa shape index (κ1) is 12.1. The minimum atomic E-state index is 0.524. The summed E-state index contributed by atoms with van der Waals surface area (Å²) in [6.07, 6.45) is 5.00. The Morgan fingerprint density at radius 1 is 1.28 bits per heavy atom. The largest absolute Gasteiger partial charge is 0.493 e. The summed E-state index contributed by atoms with van der Waals surface area (Å²) < 4.78 is 5.38. The number of ether oxygens (including phenoxy) is 1. The van der Waals surface area contributed by atoms with Gasteiger partial charge in [-0.25, -0.2) is 0 Å². The average molecular weight is 267 g/mol. The maximum absolute atomic E-state index is 6.14. The molecule has 2 bridgehead atoms. The van der Waals surface area contributed by atoms with Crippen LogP contribution in [0.4, 0.5) is 5.69 Å². The van der Waals surface area contributed by atoms with E-state index in [2.05, 4.69) is 10.6 Å².